The Morgan fingerprint density at radius 2 is 1.94 bits per heavy atom. The maximum absolute atomic E-state index is 13.8. The van der Waals surface area contributed by atoms with Crippen molar-refractivity contribution in [1.82, 2.24) is 20.9 Å². The van der Waals surface area contributed by atoms with Gasteiger partial charge in [-0.3, -0.25) is 19.4 Å². The maximum atomic E-state index is 13.8. The lowest BCUT2D eigenvalue weighted by atomic mass is 9.79. The standard InChI is InChI=1S/C36H53ClN6O3S/c1-6-26(23-43-19-18-39-36(43)38)16-15-25(4)33(44)41-31(17-20-47-5)34(45)42-32(21-24(2)3)35(46)40-30-14-10-9-13-29(30)27-11-7-8-12-28(37)22-27/h6,8,11-12,15-16,22,24,29-32H,1,7,9-10,13-14,17-21,23H2,2-5H3,(H2,38,39)(H,40,46)(H,41,44)(H,42,45)/b25-15+,26-16+/t29?,30-,31?,32+/m1/s1. The van der Waals surface area contributed by atoms with Gasteiger partial charge in [-0.1, -0.05) is 75.2 Å². The Morgan fingerprint density at radius 3 is 2.62 bits per heavy atom. The lowest BCUT2D eigenvalue weighted by molar-refractivity contribution is -0.132. The predicted molar refractivity (Wildman–Crippen MR) is 196 cm³/mol. The lowest BCUT2D eigenvalue weighted by Crippen LogP contribution is -2.56. The van der Waals surface area contributed by atoms with Crippen LogP contribution >= 0.6 is 23.4 Å². The van der Waals surface area contributed by atoms with Gasteiger partial charge in [-0.05, 0) is 80.3 Å². The molecule has 0 radical (unpaired) electrons. The molecule has 47 heavy (non-hydrogen) atoms. The average Bonchev–Trinajstić information content (AvgIpc) is 3.32. The van der Waals surface area contributed by atoms with E-state index in [0.717, 1.165) is 49.8 Å². The van der Waals surface area contributed by atoms with Gasteiger partial charge in [0.1, 0.15) is 12.1 Å². The third-order valence-corrected chi connectivity index (χ3v) is 9.55. The van der Waals surface area contributed by atoms with Crippen LogP contribution in [0.15, 0.2) is 75.9 Å². The number of aliphatic imine (C=N–C) groups is 1. The van der Waals surface area contributed by atoms with Gasteiger partial charge in [0.25, 0.3) is 0 Å². The number of amides is 3. The summed E-state index contributed by atoms with van der Waals surface area (Å²) in [5.74, 6) is 0.604. The van der Waals surface area contributed by atoms with Crippen molar-refractivity contribution in [3.8, 4) is 0 Å². The first-order valence-corrected chi connectivity index (χ1v) is 18.5. The second-order valence-electron chi connectivity index (χ2n) is 12.8. The van der Waals surface area contributed by atoms with Crippen molar-refractivity contribution in [3.63, 3.8) is 0 Å². The predicted octanol–water partition coefficient (Wildman–Crippen LogP) is 5.13. The van der Waals surface area contributed by atoms with Crippen molar-refractivity contribution >= 4 is 47.0 Å². The highest BCUT2D eigenvalue weighted by molar-refractivity contribution is 7.98. The molecule has 0 aromatic carbocycles. The van der Waals surface area contributed by atoms with Crippen LogP contribution in [-0.2, 0) is 14.4 Å². The first-order chi connectivity index (χ1) is 22.5. The molecule has 0 bridgehead atoms. The van der Waals surface area contributed by atoms with Crippen LogP contribution in [0.2, 0.25) is 0 Å². The van der Waals surface area contributed by atoms with E-state index in [1.54, 1.807) is 30.8 Å². The molecular formula is C36H53ClN6O3S. The van der Waals surface area contributed by atoms with Crippen LogP contribution < -0.4 is 21.7 Å². The van der Waals surface area contributed by atoms with Gasteiger partial charge in [-0.25, -0.2) is 0 Å². The third-order valence-electron chi connectivity index (χ3n) is 8.67. The summed E-state index contributed by atoms with van der Waals surface area (Å²) in [4.78, 5) is 46.9. The molecule has 1 aliphatic heterocycles. The number of allylic oxidation sites excluding steroid dienone is 7. The van der Waals surface area contributed by atoms with Gasteiger partial charge in [0, 0.05) is 35.7 Å². The summed E-state index contributed by atoms with van der Waals surface area (Å²) in [5, 5.41) is 9.90. The van der Waals surface area contributed by atoms with E-state index in [-0.39, 0.29) is 35.6 Å². The van der Waals surface area contributed by atoms with Crippen molar-refractivity contribution < 1.29 is 14.4 Å². The van der Waals surface area contributed by atoms with Gasteiger partial charge >= 0.3 is 0 Å². The Labute approximate surface area is 290 Å². The molecule has 0 aromatic heterocycles. The van der Waals surface area contributed by atoms with Crippen LogP contribution in [0.3, 0.4) is 0 Å². The van der Waals surface area contributed by atoms with Crippen molar-refractivity contribution in [2.45, 2.75) is 83.8 Å². The Kier molecular flexibility index (Phi) is 15.9. The monoisotopic (exact) mass is 684 g/mol. The number of hydrogen-bond acceptors (Lipinski definition) is 7. The first-order valence-electron chi connectivity index (χ1n) is 16.7. The summed E-state index contributed by atoms with van der Waals surface area (Å²) in [6.07, 6.45) is 21.1. The first kappa shape index (κ1) is 38.2. The minimum atomic E-state index is -0.789. The highest BCUT2D eigenvalue weighted by Gasteiger charge is 2.33. The molecule has 0 spiro atoms. The fraction of sp³-hybridized carbons (Fsp3) is 0.556. The molecule has 2 aliphatic carbocycles. The summed E-state index contributed by atoms with van der Waals surface area (Å²) in [5.41, 5.74) is 8.44. The number of thioether (sulfide) groups is 1. The van der Waals surface area contributed by atoms with E-state index in [1.807, 2.05) is 49.3 Å². The molecule has 9 nitrogen and oxygen atoms in total. The highest BCUT2D eigenvalue weighted by atomic mass is 35.5. The molecule has 2 unspecified atom stereocenters. The molecule has 1 fully saturated rings. The van der Waals surface area contributed by atoms with Crippen molar-refractivity contribution in [3.05, 3.63) is 70.9 Å². The minimum absolute atomic E-state index is 0.0460. The quantitative estimate of drug-likeness (QED) is 0.132. The zero-order valence-electron chi connectivity index (χ0n) is 28.4. The van der Waals surface area contributed by atoms with E-state index in [9.17, 15) is 14.4 Å². The SMILES string of the molecule is C=C/C(=C\C=C(/C)C(=O)NC(CCSC)C(=O)N[C@@H](CC(C)C)C(=O)N[C@@H]1CCCCC1C1=CCC=CC(Cl)=C1)CN1CCN=C1N. The second kappa shape index (κ2) is 19.5. The van der Waals surface area contributed by atoms with Crippen LogP contribution in [0.1, 0.15) is 65.7 Å². The van der Waals surface area contributed by atoms with Gasteiger partial charge < -0.3 is 26.6 Å². The van der Waals surface area contributed by atoms with Gasteiger partial charge in [0.15, 0.2) is 5.96 Å². The fourth-order valence-electron chi connectivity index (χ4n) is 6.02. The summed E-state index contributed by atoms with van der Waals surface area (Å²) in [6.45, 7) is 11.6. The fourth-order valence-corrected chi connectivity index (χ4v) is 6.71. The Balaban J connectivity index is 1.70. The summed E-state index contributed by atoms with van der Waals surface area (Å²) < 4.78 is 0. The molecule has 3 aliphatic rings. The largest absolute Gasteiger partial charge is 0.370 e. The maximum Gasteiger partial charge on any atom is 0.247 e. The number of nitrogens with one attached hydrogen (secondary N) is 3. The summed E-state index contributed by atoms with van der Waals surface area (Å²) >= 11 is 7.99. The van der Waals surface area contributed by atoms with Gasteiger partial charge in [-0.15, -0.1) is 0 Å². The van der Waals surface area contributed by atoms with E-state index in [4.69, 9.17) is 17.3 Å². The second-order valence-corrected chi connectivity index (χ2v) is 14.3. The lowest BCUT2D eigenvalue weighted by Gasteiger charge is -2.35. The molecule has 258 valence electrons. The molecule has 1 heterocycles. The number of carbonyl (C=O) groups excluding carboxylic acids is 3. The highest BCUT2D eigenvalue weighted by Crippen LogP contribution is 2.33. The zero-order valence-corrected chi connectivity index (χ0v) is 30.0. The molecule has 4 atom stereocenters. The molecule has 3 amide bonds. The normalized spacial score (nSPS) is 21.7. The van der Waals surface area contributed by atoms with Gasteiger partial charge in [-0.2, -0.15) is 11.8 Å². The van der Waals surface area contributed by atoms with Gasteiger partial charge in [0.05, 0.1) is 6.54 Å². The number of nitrogens with zero attached hydrogens (tertiary/aromatic N) is 2. The van der Waals surface area contributed by atoms with E-state index in [0.29, 0.717) is 48.2 Å². The summed E-state index contributed by atoms with van der Waals surface area (Å²) in [6, 6.07) is -1.56. The number of halogens is 1. The van der Waals surface area contributed by atoms with Crippen molar-refractivity contribution in [2.24, 2.45) is 22.6 Å². The van der Waals surface area contributed by atoms with Crippen LogP contribution in [0.25, 0.3) is 0 Å². The van der Waals surface area contributed by atoms with E-state index < -0.39 is 12.1 Å². The minimum Gasteiger partial charge on any atom is -0.370 e. The Morgan fingerprint density at radius 1 is 1.17 bits per heavy atom. The molecule has 3 rings (SSSR count). The molecule has 1 saturated carbocycles. The number of nitrogens with two attached hydrogens (primary N) is 1. The van der Waals surface area contributed by atoms with Crippen LogP contribution in [0.5, 0.6) is 0 Å². The van der Waals surface area contributed by atoms with Crippen LogP contribution in [-0.4, -0.2) is 78.3 Å². The zero-order chi connectivity index (χ0) is 34.3. The van der Waals surface area contributed by atoms with Crippen LogP contribution in [0, 0.1) is 11.8 Å². The average molecular weight is 685 g/mol. The van der Waals surface area contributed by atoms with Gasteiger partial charge in [0.2, 0.25) is 17.7 Å². The smallest absolute Gasteiger partial charge is 0.247 e. The Hall–Kier alpha value is -3.24. The molecular weight excluding hydrogens is 632 g/mol. The van der Waals surface area contributed by atoms with E-state index in [2.05, 4.69) is 33.6 Å². The summed E-state index contributed by atoms with van der Waals surface area (Å²) in [7, 11) is 0. The molecule has 5 N–H and O–H groups in total. The van der Waals surface area contributed by atoms with E-state index >= 15 is 0 Å². The number of rotatable bonds is 16. The number of guanidine groups is 1. The number of carbonyl (C=O) groups is 3. The number of hydrogen-bond donors (Lipinski definition) is 4. The molecule has 11 heteroatoms. The Bertz CT molecular complexity index is 1320. The molecule has 0 aromatic rings. The topological polar surface area (TPSA) is 129 Å². The van der Waals surface area contributed by atoms with Crippen molar-refractivity contribution in [1.29, 1.82) is 0 Å². The molecule has 0 saturated heterocycles. The van der Waals surface area contributed by atoms with E-state index in [1.165, 1.54) is 0 Å². The third kappa shape index (κ3) is 12.4. The van der Waals surface area contributed by atoms with Crippen LogP contribution in [0.4, 0.5) is 0 Å². The van der Waals surface area contributed by atoms with Crippen molar-refractivity contribution in [2.75, 3.05) is 31.6 Å².